The molecule has 104 valence electrons. The molecular formula is C14H21N3O2. The minimum absolute atomic E-state index is 0.109. The number of hydrogen-bond donors (Lipinski definition) is 3. The average Bonchev–Trinajstić information content (AvgIpc) is 2.31. The van der Waals surface area contributed by atoms with E-state index in [0.29, 0.717) is 11.3 Å². The van der Waals surface area contributed by atoms with Crippen LogP contribution in [-0.4, -0.2) is 17.9 Å². The van der Waals surface area contributed by atoms with Gasteiger partial charge in [-0.2, -0.15) is 0 Å². The third-order valence-corrected chi connectivity index (χ3v) is 2.76. The van der Waals surface area contributed by atoms with E-state index in [1.807, 2.05) is 6.92 Å². The number of primary amides is 1. The van der Waals surface area contributed by atoms with E-state index >= 15 is 0 Å². The van der Waals surface area contributed by atoms with Crippen LogP contribution >= 0.6 is 0 Å². The van der Waals surface area contributed by atoms with Crippen molar-refractivity contribution in [1.82, 2.24) is 0 Å². The van der Waals surface area contributed by atoms with E-state index in [9.17, 15) is 9.59 Å². The molecule has 2 amide bonds. The molecule has 0 spiro atoms. The fraction of sp³-hybridized carbons (Fsp3) is 0.429. The summed E-state index contributed by atoms with van der Waals surface area (Å²) in [6.07, 6.45) is 2.15. The van der Waals surface area contributed by atoms with Crippen LogP contribution in [0.3, 0.4) is 0 Å². The number of hydrogen-bond acceptors (Lipinski definition) is 3. The van der Waals surface area contributed by atoms with Gasteiger partial charge in [0.1, 0.15) is 0 Å². The van der Waals surface area contributed by atoms with E-state index in [1.165, 1.54) is 0 Å². The van der Waals surface area contributed by atoms with Crippen molar-refractivity contribution < 1.29 is 9.59 Å². The van der Waals surface area contributed by atoms with Gasteiger partial charge in [-0.05, 0) is 18.1 Å². The number of rotatable bonds is 7. The van der Waals surface area contributed by atoms with Crippen molar-refractivity contribution in [2.24, 2.45) is 11.5 Å². The number of nitrogens with one attached hydrogen (secondary N) is 1. The molecule has 19 heavy (non-hydrogen) atoms. The molecule has 1 rings (SSSR count). The molecule has 5 heteroatoms. The Morgan fingerprint density at radius 2 is 2.00 bits per heavy atom. The molecule has 0 saturated heterocycles. The van der Waals surface area contributed by atoms with Crippen LogP contribution in [0.15, 0.2) is 24.3 Å². The van der Waals surface area contributed by atoms with E-state index < -0.39 is 5.91 Å². The first-order valence-corrected chi connectivity index (χ1v) is 6.44. The minimum atomic E-state index is -0.426. The van der Waals surface area contributed by atoms with Crippen molar-refractivity contribution in [3.05, 3.63) is 29.8 Å². The van der Waals surface area contributed by atoms with Gasteiger partial charge in [0.05, 0.1) is 6.42 Å². The second-order valence-corrected chi connectivity index (χ2v) is 4.60. The van der Waals surface area contributed by atoms with Gasteiger partial charge in [0.25, 0.3) is 0 Å². The van der Waals surface area contributed by atoms with E-state index in [1.54, 1.807) is 24.3 Å². The van der Waals surface area contributed by atoms with Crippen molar-refractivity contribution in [2.45, 2.75) is 38.6 Å². The fourth-order valence-corrected chi connectivity index (χ4v) is 1.90. The van der Waals surface area contributed by atoms with Crippen LogP contribution in [0.4, 0.5) is 5.69 Å². The third-order valence-electron chi connectivity index (χ3n) is 2.76. The molecule has 0 aliphatic rings. The highest BCUT2D eigenvalue weighted by Gasteiger charge is 2.11. The Balaban J connectivity index is 2.65. The molecule has 0 aromatic heterocycles. The topological polar surface area (TPSA) is 98.2 Å². The summed E-state index contributed by atoms with van der Waals surface area (Å²) >= 11 is 0. The lowest BCUT2D eigenvalue weighted by molar-refractivity contribution is -0.118. The highest BCUT2D eigenvalue weighted by Crippen LogP contribution is 2.16. The Bertz CT molecular complexity index is 446. The maximum absolute atomic E-state index is 11.8. The molecule has 0 saturated carbocycles. The number of carbonyl (C=O) groups excluding carboxylic acids is 2. The monoisotopic (exact) mass is 263 g/mol. The number of nitrogens with two attached hydrogens (primary N) is 2. The van der Waals surface area contributed by atoms with Crippen LogP contribution in [-0.2, 0) is 16.0 Å². The smallest absolute Gasteiger partial charge is 0.225 e. The van der Waals surface area contributed by atoms with Gasteiger partial charge in [-0.15, -0.1) is 0 Å². The first-order valence-electron chi connectivity index (χ1n) is 6.44. The molecule has 0 bridgehead atoms. The number of para-hydroxylation sites is 1. The van der Waals surface area contributed by atoms with Crippen molar-refractivity contribution in [1.29, 1.82) is 0 Å². The van der Waals surface area contributed by atoms with Gasteiger partial charge in [0.2, 0.25) is 11.8 Å². The molecule has 1 aromatic rings. The zero-order valence-corrected chi connectivity index (χ0v) is 11.2. The molecule has 1 aromatic carbocycles. The number of anilines is 1. The van der Waals surface area contributed by atoms with E-state index in [-0.39, 0.29) is 24.8 Å². The number of benzene rings is 1. The average molecular weight is 263 g/mol. The fourth-order valence-electron chi connectivity index (χ4n) is 1.90. The number of carbonyl (C=O) groups is 2. The van der Waals surface area contributed by atoms with Crippen LogP contribution in [0.25, 0.3) is 0 Å². The summed E-state index contributed by atoms with van der Waals surface area (Å²) in [5.74, 6) is -0.567. The van der Waals surface area contributed by atoms with Crippen LogP contribution in [0.1, 0.15) is 31.7 Å². The zero-order chi connectivity index (χ0) is 14.3. The molecule has 0 aliphatic heterocycles. The molecule has 0 heterocycles. The molecule has 0 aliphatic carbocycles. The van der Waals surface area contributed by atoms with Gasteiger partial charge in [-0.1, -0.05) is 31.5 Å². The quantitative estimate of drug-likeness (QED) is 0.688. The van der Waals surface area contributed by atoms with Crippen LogP contribution in [0.2, 0.25) is 0 Å². The Labute approximate surface area is 113 Å². The minimum Gasteiger partial charge on any atom is -0.369 e. The molecular weight excluding hydrogens is 242 g/mol. The SMILES string of the molecule is CCCC(N)CC(=O)Nc1ccccc1CC(N)=O. The molecule has 0 radical (unpaired) electrons. The Morgan fingerprint density at radius 1 is 1.32 bits per heavy atom. The lowest BCUT2D eigenvalue weighted by Gasteiger charge is -2.13. The standard InChI is InChI=1S/C14H21N3O2/c1-2-5-11(15)9-14(19)17-12-7-4-3-6-10(12)8-13(16)18/h3-4,6-7,11H,2,5,8-9,15H2,1H3,(H2,16,18)(H,17,19). The second kappa shape index (κ2) is 7.53. The molecule has 5 nitrogen and oxygen atoms in total. The molecule has 1 atom stereocenters. The van der Waals surface area contributed by atoms with Crippen molar-refractivity contribution in [3.63, 3.8) is 0 Å². The summed E-state index contributed by atoms with van der Waals surface area (Å²) < 4.78 is 0. The van der Waals surface area contributed by atoms with E-state index in [0.717, 1.165) is 12.8 Å². The third kappa shape index (κ3) is 5.52. The van der Waals surface area contributed by atoms with Gasteiger partial charge in [0.15, 0.2) is 0 Å². The van der Waals surface area contributed by atoms with Gasteiger partial charge in [0, 0.05) is 18.2 Å². The van der Waals surface area contributed by atoms with Gasteiger partial charge in [-0.3, -0.25) is 9.59 Å². The summed E-state index contributed by atoms with van der Waals surface area (Å²) in [6, 6.07) is 6.99. The van der Waals surface area contributed by atoms with Crippen LogP contribution in [0.5, 0.6) is 0 Å². The van der Waals surface area contributed by atoms with E-state index in [4.69, 9.17) is 11.5 Å². The summed E-state index contributed by atoms with van der Waals surface area (Å²) in [4.78, 5) is 22.8. The highest BCUT2D eigenvalue weighted by molar-refractivity contribution is 5.92. The summed E-state index contributed by atoms with van der Waals surface area (Å²) in [7, 11) is 0. The largest absolute Gasteiger partial charge is 0.369 e. The lowest BCUT2D eigenvalue weighted by Crippen LogP contribution is -2.27. The van der Waals surface area contributed by atoms with Crippen molar-refractivity contribution in [3.8, 4) is 0 Å². The maximum atomic E-state index is 11.8. The van der Waals surface area contributed by atoms with Gasteiger partial charge in [-0.25, -0.2) is 0 Å². The summed E-state index contributed by atoms with van der Waals surface area (Å²) in [6.45, 7) is 2.03. The second-order valence-electron chi connectivity index (χ2n) is 4.60. The lowest BCUT2D eigenvalue weighted by atomic mass is 10.1. The zero-order valence-electron chi connectivity index (χ0n) is 11.2. The normalized spacial score (nSPS) is 11.9. The molecule has 1 unspecified atom stereocenters. The van der Waals surface area contributed by atoms with Crippen LogP contribution < -0.4 is 16.8 Å². The maximum Gasteiger partial charge on any atom is 0.225 e. The van der Waals surface area contributed by atoms with Crippen molar-refractivity contribution >= 4 is 17.5 Å². The first kappa shape index (κ1) is 15.2. The van der Waals surface area contributed by atoms with Crippen molar-refractivity contribution in [2.75, 3.05) is 5.32 Å². The number of amides is 2. The van der Waals surface area contributed by atoms with Gasteiger partial charge >= 0.3 is 0 Å². The highest BCUT2D eigenvalue weighted by atomic mass is 16.2. The summed E-state index contributed by atoms with van der Waals surface area (Å²) in [5, 5.41) is 2.78. The Kier molecular flexibility index (Phi) is 6.02. The predicted molar refractivity (Wildman–Crippen MR) is 75.5 cm³/mol. The Hall–Kier alpha value is -1.88. The predicted octanol–water partition coefficient (Wildman–Crippen LogP) is 1.17. The van der Waals surface area contributed by atoms with E-state index in [2.05, 4.69) is 5.32 Å². The van der Waals surface area contributed by atoms with Crippen LogP contribution in [0, 0.1) is 0 Å². The van der Waals surface area contributed by atoms with Gasteiger partial charge < -0.3 is 16.8 Å². The molecule has 5 N–H and O–H groups in total. The summed E-state index contributed by atoms with van der Waals surface area (Å²) in [5.41, 5.74) is 12.3. The Morgan fingerprint density at radius 3 is 2.63 bits per heavy atom. The molecule has 0 fully saturated rings. The first-order chi connectivity index (χ1) is 9.02.